The van der Waals surface area contributed by atoms with E-state index in [0.717, 1.165) is 64.2 Å². The highest BCUT2D eigenvalue weighted by atomic mass is 16.5. The maximum atomic E-state index is 12.6. The molecule has 0 saturated carbocycles. The molecule has 2 fully saturated rings. The molecular weight excluding hydrogens is 290 g/mol. The van der Waals surface area contributed by atoms with E-state index >= 15 is 0 Å². The van der Waals surface area contributed by atoms with Crippen molar-refractivity contribution in [1.29, 1.82) is 0 Å². The van der Waals surface area contributed by atoms with Crippen molar-refractivity contribution >= 4 is 5.91 Å². The number of hydrogen-bond acceptors (Lipinski definition) is 4. The molecule has 0 aliphatic carbocycles. The lowest BCUT2D eigenvalue weighted by atomic mass is 10.0. The van der Waals surface area contributed by atoms with E-state index in [9.17, 15) is 4.79 Å². The number of amides is 1. The van der Waals surface area contributed by atoms with E-state index in [4.69, 9.17) is 4.74 Å². The predicted octanol–water partition coefficient (Wildman–Crippen LogP) is 1.65. The minimum absolute atomic E-state index is 0.292. The number of nitrogens with zero attached hydrogens (tertiary/aromatic N) is 3. The van der Waals surface area contributed by atoms with Gasteiger partial charge in [0, 0.05) is 37.6 Å². The summed E-state index contributed by atoms with van der Waals surface area (Å²) in [6.45, 7) is 6.74. The van der Waals surface area contributed by atoms with Gasteiger partial charge in [-0.15, -0.1) is 0 Å². The minimum Gasteiger partial charge on any atom is -0.379 e. The Morgan fingerprint density at radius 1 is 1.35 bits per heavy atom. The molecular formula is C18H27N3O2. The number of hydrogen-bond donors (Lipinski definition) is 0. The van der Waals surface area contributed by atoms with Crippen molar-refractivity contribution in [3.8, 4) is 0 Å². The lowest BCUT2D eigenvalue weighted by Gasteiger charge is -2.30. The normalized spacial score (nSPS) is 22.5. The summed E-state index contributed by atoms with van der Waals surface area (Å²) < 4.78 is 5.35. The number of aryl methyl sites for hydroxylation is 2. The van der Waals surface area contributed by atoms with E-state index in [0.29, 0.717) is 18.5 Å². The van der Waals surface area contributed by atoms with Gasteiger partial charge in [-0.25, -0.2) is 0 Å². The van der Waals surface area contributed by atoms with E-state index in [-0.39, 0.29) is 0 Å². The van der Waals surface area contributed by atoms with Gasteiger partial charge in [0.2, 0.25) is 5.91 Å². The van der Waals surface area contributed by atoms with Crippen LogP contribution in [0.1, 0.15) is 30.5 Å². The fourth-order valence-electron chi connectivity index (χ4n) is 3.60. The summed E-state index contributed by atoms with van der Waals surface area (Å²) in [5.74, 6) is 0.292. The summed E-state index contributed by atoms with van der Waals surface area (Å²) in [6.07, 6.45) is 6.22. The lowest BCUT2D eigenvalue weighted by Crippen LogP contribution is -2.46. The molecule has 3 heterocycles. The van der Waals surface area contributed by atoms with Crippen LogP contribution in [0.5, 0.6) is 0 Å². The zero-order valence-corrected chi connectivity index (χ0v) is 14.0. The maximum Gasteiger partial charge on any atom is 0.236 e. The largest absolute Gasteiger partial charge is 0.379 e. The van der Waals surface area contributed by atoms with Crippen LogP contribution in [0, 0.1) is 6.92 Å². The summed E-state index contributed by atoms with van der Waals surface area (Å²) in [7, 11) is 0. The Bertz CT molecular complexity index is 529. The number of rotatable bonds is 5. The molecule has 23 heavy (non-hydrogen) atoms. The summed E-state index contributed by atoms with van der Waals surface area (Å²) in [5, 5.41) is 0. The van der Waals surface area contributed by atoms with Crippen LogP contribution in [-0.2, 0) is 16.0 Å². The number of carbonyl (C=O) groups excluding carboxylic acids is 1. The smallest absolute Gasteiger partial charge is 0.236 e. The molecule has 0 aromatic carbocycles. The molecule has 2 aliphatic heterocycles. The summed E-state index contributed by atoms with van der Waals surface area (Å²) in [5.41, 5.74) is 2.39. The minimum atomic E-state index is 0.292. The van der Waals surface area contributed by atoms with Gasteiger partial charge >= 0.3 is 0 Å². The first-order valence-electron chi connectivity index (χ1n) is 8.73. The number of carbonyl (C=O) groups is 1. The van der Waals surface area contributed by atoms with Crippen molar-refractivity contribution in [3.63, 3.8) is 0 Å². The standard InChI is InChI=1S/C18H27N3O2/c1-15-13-16(6-7-19-15)4-5-17-3-2-8-21(17)18(22)14-20-9-11-23-12-10-20/h6-7,13,17H,2-5,8-12,14H2,1H3/t17-/m1/s1. The molecule has 0 bridgehead atoms. The van der Waals surface area contributed by atoms with Crippen LogP contribution in [0.3, 0.4) is 0 Å². The molecule has 5 nitrogen and oxygen atoms in total. The van der Waals surface area contributed by atoms with Gasteiger partial charge in [0.15, 0.2) is 0 Å². The van der Waals surface area contributed by atoms with Crippen LogP contribution < -0.4 is 0 Å². The van der Waals surface area contributed by atoms with Crippen LogP contribution in [0.2, 0.25) is 0 Å². The van der Waals surface area contributed by atoms with Crippen LogP contribution in [0.25, 0.3) is 0 Å². The predicted molar refractivity (Wildman–Crippen MR) is 89.3 cm³/mol. The van der Waals surface area contributed by atoms with E-state index in [1.54, 1.807) is 0 Å². The highest BCUT2D eigenvalue weighted by Gasteiger charge is 2.29. The molecule has 0 N–H and O–H groups in total. The average Bonchev–Trinajstić information content (AvgIpc) is 3.03. The van der Waals surface area contributed by atoms with Crippen molar-refractivity contribution in [1.82, 2.24) is 14.8 Å². The van der Waals surface area contributed by atoms with Crippen molar-refractivity contribution in [2.45, 2.75) is 38.6 Å². The molecule has 0 unspecified atom stereocenters. The molecule has 5 heteroatoms. The van der Waals surface area contributed by atoms with Crippen molar-refractivity contribution in [2.75, 3.05) is 39.4 Å². The topological polar surface area (TPSA) is 45.7 Å². The molecule has 126 valence electrons. The first-order valence-corrected chi connectivity index (χ1v) is 8.73. The first kappa shape index (κ1) is 16.4. The quantitative estimate of drug-likeness (QED) is 0.828. The fourth-order valence-corrected chi connectivity index (χ4v) is 3.60. The third-order valence-corrected chi connectivity index (χ3v) is 4.89. The van der Waals surface area contributed by atoms with Crippen LogP contribution in [0.15, 0.2) is 18.3 Å². The summed E-state index contributed by atoms with van der Waals surface area (Å²) in [4.78, 5) is 21.2. The van der Waals surface area contributed by atoms with Gasteiger partial charge in [0.1, 0.15) is 0 Å². The number of ether oxygens (including phenoxy) is 1. The Morgan fingerprint density at radius 3 is 2.96 bits per heavy atom. The second-order valence-corrected chi connectivity index (χ2v) is 6.62. The second kappa shape index (κ2) is 7.88. The SMILES string of the molecule is Cc1cc(CC[C@H]2CCCN2C(=O)CN2CCOCC2)ccn1. The van der Waals surface area contributed by atoms with Crippen LogP contribution >= 0.6 is 0 Å². The molecule has 2 aliphatic rings. The Balaban J connectivity index is 1.51. The van der Waals surface area contributed by atoms with Gasteiger partial charge in [-0.1, -0.05) is 0 Å². The van der Waals surface area contributed by atoms with Crippen LogP contribution in [-0.4, -0.2) is 66.1 Å². The summed E-state index contributed by atoms with van der Waals surface area (Å²) >= 11 is 0. The van der Waals surface area contributed by atoms with Gasteiger partial charge in [-0.05, 0) is 50.3 Å². The summed E-state index contributed by atoms with van der Waals surface area (Å²) in [6, 6.07) is 4.63. The molecule has 1 atom stereocenters. The third kappa shape index (κ3) is 4.52. The highest BCUT2D eigenvalue weighted by molar-refractivity contribution is 5.78. The molecule has 1 amide bonds. The van der Waals surface area contributed by atoms with Crippen molar-refractivity contribution in [3.05, 3.63) is 29.6 Å². The van der Waals surface area contributed by atoms with Crippen LogP contribution in [0.4, 0.5) is 0 Å². The fraction of sp³-hybridized carbons (Fsp3) is 0.667. The van der Waals surface area contributed by atoms with Gasteiger partial charge < -0.3 is 9.64 Å². The molecule has 1 aromatic rings. The Labute approximate surface area is 138 Å². The van der Waals surface area contributed by atoms with E-state index in [1.807, 2.05) is 13.1 Å². The zero-order valence-electron chi connectivity index (χ0n) is 14.0. The first-order chi connectivity index (χ1) is 11.2. The van der Waals surface area contributed by atoms with Crippen molar-refractivity contribution < 1.29 is 9.53 Å². The highest BCUT2D eigenvalue weighted by Crippen LogP contribution is 2.22. The van der Waals surface area contributed by atoms with Gasteiger partial charge in [-0.3, -0.25) is 14.7 Å². The molecule has 1 aromatic heterocycles. The number of likely N-dealkylation sites (tertiary alicyclic amines) is 1. The van der Waals surface area contributed by atoms with E-state index in [1.165, 1.54) is 5.56 Å². The number of aromatic nitrogens is 1. The molecule has 2 saturated heterocycles. The molecule has 0 radical (unpaired) electrons. The second-order valence-electron chi connectivity index (χ2n) is 6.62. The van der Waals surface area contributed by atoms with Crippen molar-refractivity contribution in [2.24, 2.45) is 0 Å². The molecule has 3 rings (SSSR count). The zero-order chi connectivity index (χ0) is 16.1. The van der Waals surface area contributed by atoms with Gasteiger partial charge in [0.25, 0.3) is 0 Å². The monoisotopic (exact) mass is 317 g/mol. The third-order valence-electron chi connectivity index (χ3n) is 4.89. The number of pyridine rings is 1. The van der Waals surface area contributed by atoms with Gasteiger partial charge in [-0.2, -0.15) is 0 Å². The number of morpholine rings is 1. The van der Waals surface area contributed by atoms with E-state index < -0.39 is 0 Å². The Kier molecular flexibility index (Phi) is 5.62. The average molecular weight is 317 g/mol. The molecule has 0 spiro atoms. The lowest BCUT2D eigenvalue weighted by molar-refractivity contribution is -0.134. The van der Waals surface area contributed by atoms with Gasteiger partial charge in [0.05, 0.1) is 19.8 Å². The Morgan fingerprint density at radius 2 is 2.17 bits per heavy atom. The maximum absolute atomic E-state index is 12.6. The Hall–Kier alpha value is -1.46. The van der Waals surface area contributed by atoms with E-state index in [2.05, 4.69) is 26.9 Å².